The highest BCUT2D eigenvalue weighted by atomic mass is 35.5. The van der Waals surface area contributed by atoms with Gasteiger partial charge in [0, 0.05) is 5.69 Å². The number of amides is 1. The van der Waals surface area contributed by atoms with Crippen molar-refractivity contribution in [3.8, 4) is 5.75 Å². The van der Waals surface area contributed by atoms with Gasteiger partial charge in [0.25, 0.3) is 5.91 Å². The van der Waals surface area contributed by atoms with Gasteiger partial charge in [-0.05, 0) is 54.4 Å². The predicted molar refractivity (Wildman–Crippen MR) is 101 cm³/mol. The minimum atomic E-state index is -0.233. The molecule has 3 rings (SSSR count). The molecule has 0 bridgehead atoms. The monoisotopic (exact) mass is 351 g/mol. The highest BCUT2D eigenvalue weighted by molar-refractivity contribution is 6.34. The molecule has 0 aliphatic rings. The van der Waals surface area contributed by atoms with E-state index in [1.807, 2.05) is 55.5 Å². The Bertz CT molecular complexity index is 861. The molecular formula is C21H18ClNO2. The molecule has 0 aliphatic carbocycles. The summed E-state index contributed by atoms with van der Waals surface area (Å²) in [6.45, 7) is 2.44. The molecule has 0 aromatic heterocycles. The zero-order valence-corrected chi connectivity index (χ0v) is 14.6. The predicted octanol–water partition coefficient (Wildman–Crippen LogP) is 5.48. The number of carbonyl (C=O) groups is 1. The Morgan fingerprint density at radius 3 is 2.40 bits per heavy atom. The summed E-state index contributed by atoms with van der Waals surface area (Å²) >= 11 is 6.13. The van der Waals surface area contributed by atoms with Crippen molar-refractivity contribution in [2.24, 2.45) is 0 Å². The Kier molecular flexibility index (Phi) is 5.36. The molecule has 0 fully saturated rings. The first-order valence-electron chi connectivity index (χ1n) is 7.96. The van der Waals surface area contributed by atoms with Crippen LogP contribution in [0.5, 0.6) is 5.75 Å². The van der Waals surface area contributed by atoms with Crippen molar-refractivity contribution in [1.29, 1.82) is 0 Å². The van der Waals surface area contributed by atoms with Gasteiger partial charge in [-0.2, -0.15) is 0 Å². The van der Waals surface area contributed by atoms with Crippen LogP contribution in [0.15, 0.2) is 72.8 Å². The van der Waals surface area contributed by atoms with Gasteiger partial charge in [-0.3, -0.25) is 4.79 Å². The van der Waals surface area contributed by atoms with Gasteiger partial charge >= 0.3 is 0 Å². The van der Waals surface area contributed by atoms with E-state index in [0.717, 1.165) is 16.9 Å². The van der Waals surface area contributed by atoms with E-state index in [1.54, 1.807) is 24.3 Å². The van der Waals surface area contributed by atoms with E-state index in [-0.39, 0.29) is 5.91 Å². The van der Waals surface area contributed by atoms with E-state index in [2.05, 4.69) is 5.32 Å². The average Bonchev–Trinajstić information content (AvgIpc) is 2.62. The van der Waals surface area contributed by atoms with E-state index in [9.17, 15) is 4.79 Å². The molecule has 0 aliphatic heterocycles. The van der Waals surface area contributed by atoms with E-state index < -0.39 is 0 Å². The number of hydrogen-bond acceptors (Lipinski definition) is 2. The third kappa shape index (κ3) is 4.61. The quantitative estimate of drug-likeness (QED) is 0.661. The molecule has 0 atom stereocenters. The third-order valence-electron chi connectivity index (χ3n) is 3.73. The summed E-state index contributed by atoms with van der Waals surface area (Å²) in [7, 11) is 0. The summed E-state index contributed by atoms with van der Waals surface area (Å²) in [5, 5.41) is 3.29. The maximum atomic E-state index is 12.3. The lowest BCUT2D eigenvalue weighted by molar-refractivity contribution is 0.102. The second-order valence-electron chi connectivity index (χ2n) is 5.74. The van der Waals surface area contributed by atoms with Gasteiger partial charge in [0.1, 0.15) is 12.4 Å². The molecule has 0 saturated heterocycles. The van der Waals surface area contributed by atoms with E-state index in [1.165, 1.54) is 0 Å². The van der Waals surface area contributed by atoms with E-state index in [4.69, 9.17) is 16.3 Å². The zero-order valence-electron chi connectivity index (χ0n) is 13.8. The number of halogens is 1. The summed E-state index contributed by atoms with van der Waals surface area (Å²) in [5.74, 6) is 0.512. The maximum Gasteiger partial charge on any atom is 0.257 e. The number of hydrogen-bond donors (Lipinski definition) is 1. The molecule has 0 unspecified atom stereocenters. The number of benzene rings is 3. The largest absolute Gasteiger partial charge is 0.489 e. The summed E-state index contributed by atoms with van der Waals surface area (Å²) in [5.41, 5.74) is 3.26. The molecule has 3 aromatic rings. The number of anilines is 1. The molecule has 3 nitrogen and oxygen atoms in total. The van der Waals surface area contributed by atoms with Crippen LogP contribution in [0, 0.1) is 6.92 Å². The van der Waals surface area contributed by atoms with E-state index >= 15 is 0 Å². The second-order valence-corrected chi connectivity index (χ2v) is 6.14. The van der Waals surface area contributed by atoms with Crippen molar-refractivity contribution in [2.45, 2.75) is 13.5 Å². The molecule has 0 heterocycles. The molecule has 0 saturated carbocycles. The molecule has 4 heteroatoms. The van der Waals surface area contributed by atoms with Crippen LogP contribution in [0.3, 0.4) is 0 Å². The Morgan fingerprint density at radius 2 is 1.72 bits per heavy atom. The molecule has 25 heavy (non-hydrogen) atoms. The summed E-state index contributed by atoms with van der Waals surface area (Å²) < 4.78 is 5.74. The molecule has 126 valence electrons. The number of rotatable bonds is 5. The second kappa shape index (κ2) is 7.86. The lowest BCUT2D eigenvalue weighted by Gasteiger charge is -2.09. The third-order valence-corrected chi connectivity index (χ3v) is 4.04. The fourth-order valence-corrected chi connectivity index (χ4v) is 2.70. The van der Waals surface area contributed by atoms with Gasteiger partial charge < -0.3 is 10.1 Å². The van der Waals surface area contributed by atoms with Crippen LogP contribution >= 0.6 is 11.6 Å². The number of nitrogens with one attached hydrogen (secondary N) is 1. The van der Waals surface area contributed by atoms with Crippen LogP contribution < -0.4 is 10.1 Å². The first-order chi connectivity index (χ1) is 12.1. The van der Waals surface area contributed by atoms with Crippen molar-refractivity contribution >= 4 is 23.2 Å². The van der Waals surface area contributed by atoms with E-state index in [0.29, 0.717) is 22.9 Å². The first kappa shape index (κ1) is 17.1. The maximum absolute atomic E-state index is 12.3. The lowest BCUT2D eigenvalue weighted by atomic mass is 10.1. The Labute approximate surface area is 152 Å². The highest BCUT2D eigenvalue weighted by Crippen LogP contribution is 2.21. The molecule has 0 spiro atoms. The lowest BCUT2D eigenvalue weighted by Crippen LogP contribution is -2.12. The van der Waals surface area contributed by atoms with Crippen LogP contribution in [0.2, 0.25) is 5.02 Å². The number of carbonyl (C=O) groups excluding carboxylic acids is 1. The van der Waals surface area contributed by atoms with Gasteiger partial charge in [-0.1, -0.05) is 48.0 Å². The molecule has 1 N–H and O–H groups in total. The zero-order chi connectivity index (χ0) is 17.6. The van der Waals surface area contributed by atoms with Crippen molar-refractivity contribution in [3.05, 3.63) is 94.5 Å². The van der Waals surface area contributed by atoms with Crippen LogP contribution in [-0.2, 0) is 6.61 Å². The van der Waals surface area contributed by atoms with Gasteiger partial charge in [0.05, 0.1) is 10.6 Å². The standard InChI is InChI=1S/C21H18ClNO2/c1-15-7-12-19(20(22)13-15)21(24)23-17-8-10-18(11-9-17)25-14-16-5-3-2-4-6-16/h2-13H,14H2,1H3,(H,23,24). The van der Waals surface area contributed by atoms with Crippen molar-refractivity contribution in [3.63, 3.8) is 0 Å². The summed E-state index contributed by atoms with van der Waals surface area (Å²) in [6.07, 6.45) is 0. The normalized spacial score (nSPS) is 10.3. The van der Waals surface area contributed by atoms with Gasteiger partial charge in [0.15, 0.2) is 0 Å². The fraction of sp³-hybridized carbons (Fsp3) is 0.0952. The summed E-state index contributed by atoms with van der Waals surface area (Å²) in [4.78, 5) is 12.3. The number of aryl methyl sites for hydroxylation is 1. The van der Waals surface area contributed by atoms with Crippen LogP contribution in [0.4, 0.5) is 5.69 Å². The minimum absolute atomic E-state index is 0.233. The smallest absolute Gasteiger partial charge is 0.257 e. The van der Waals surface area contributed by atoms with Crippen molar-refractivity contribution in [1.82, 2.24) is 0 Å². The van der Waals surface area contributed by atoms with Crippen LogP contribution in [0.25, 0.3) is 0 Å². The SMILES string of the molecule is Cc1ccc(C(=O)Nc2ccc(OCc3ccccc3)cc2)c(Cl)c1. The van der Waals surface area contributed by atoms with Crippen LogP contribution in [-0.4, -0.2) is 5.91 Å². The van der Waals surface area contributed by atoms with Gasteiger partial charge in [-0.25, -0.2) is 0 Å². The van der Waals surface area contributed by atoms with Crippen molar-refractivity contribution < 1.29 is 9.53 Å². The average molecular weight is 352 g/mol. The fourth-order valence-electron chi connectivity index (χ4n) is 2.38. The Hall–Kier alpha value is -2.78. The highest BCUT2D eigenvalue weighted by Gasteiger charge is 2.10. The van der Waals surface area contributed by atoms with Gasteiger partial charge in [0.2, 0.25) is 0 Å². The minimum Gasteiger partial charge on any atom is -0.489 e. The molecule has 3 aromatic carbocycles. The summed E-state index contributed by atoms with van der Waals surface area (Å²) in [6, 6.07) is 22.6. The van der Waals surface area contributed by atoms with Crippen molar-refractivity contribution in [2.75, 3.05) is 5.32 Å². The van der Waals surface area contributed by atoms with Gasteiger partial charge in [-0.15, -0.1) is 0 Å². The Balaban J connectivity index is 1.61. The topological polar surface area (TPSA) is 38.3 Å². The molecular weight excluding hydrogens is 334 g/mol. The first-order valence-corrected chi connectivity index (χ1v) is 8.34. The molecule has 1 amide bonds. The Morgan fingerprint density at radius 1 is 1.00 bits per heavy atom. The molecule has 0 radical (unpaired) electrons. The van der Waals surface area contributed by atoms with Crippen LogP contribution in [0.1, 0.15) is 21.5 Å². The number of ether oxygens (including phenoxy) is 1.